The standard InChI is InChI=1S/C20H27N5O2S/c1-14-3-2-6-21-18(14)22-7-8-23-19(26)15-4-5-17-16(13-15)24-20(28-17)25-9-11-27-12-10-25/h2-3,6,15H,4-5,7-13H2,1H3,(H,21,22)(H,23,26). The molecule has 0 radical (unpaired) electrons. The highest BCUT2D eigenvalue weighted by atomic mass is 32.1. The molecule has 1 fully saturated rings. The molecule has 7 nitrogen and oxygen atoms in total. The van der Waals surface area contributed by atoms with E-state index in [-0.39, 0.29) is 11.8 Å². The second-order valence-corrected chi connectivity index (χ2v) is 8.35. The van der Waals surface area contributed by atoms with Gasteiger partial charge in [-0.2, -0.15) is 0 Å². The summed E-state index contributed by atoms with van der Waals surface area (Å²) in [6.45, 7) is 6.61. The summed E-state index contributed by atoms with van der Waals surface area (Å²) in [4.78, 5) is 25.4. The first kappa shape index (κ1) is 19.1. The van der Waals surface area contributed by atoms with Gasteiger partial charge in [0.2, 0.25) is 5.91 Å². The van der Waals surface area contributed by atoms with Crippen LogP contribution in [0.4, 0.5) is 10.9 Å². The number of thiazole rings is 1. The van der Waals surface area contributed by atoms with Gasteiger partial charge in [0.05, 0.1) is 18.9 Å². The molecule has 0 spiro atoms. The number of pyridine rings is 1. The summed E-state index contributed by atoms with van der Waals surface area (Å²) in [7, 11) is 0. The van der Waals surface area contributed by atoms with Crippen molar-refractivity contribution in [2.45, 2.75) is 26.2 Å². The van der Waals surface area contributed by atoms with E-state index in [0.29, 0.717) is 13.1 Å². The van der Waals surface area contributed by atoms with Gasteiger partial charge in [0.25, 0.3) is 0 Å². The van der Waals surface area contributed by atoms with Crippen LogP contribution in [0, 0.1) is 12.8 Å². The molecule has 0 aromatic carbocycles. The van der Waals surface area contributed by atoms with Crippen LogP contribution in [0.5, 0.6) is 0 Å². The number of nitrogens with one attached hydrogen (secondary N) is 2. The molecule has 1 aliphatic carbocycles. The van der Waals surface area contributed by atoms with Gasteiger partial charge >= 0.3 is 0 Å². The van der Waals surface area contributed by atoms with Crippen LogP contribution in [0.2, 0.25) is 0 Å². The second-order valence-electron chi connectivity index (χ2n) is 7.29. The number of hydrogen-bond acceptors (Lipinski definition) is 7. The van der Waals surface area contributed by atoms with Gasteiger partial charge in [-0.3, -0.25) is 4.79 Å². The molecule has 4 rings (SSSR count). The number of aromatic nitrogens is 2. The molecule has 1 aliphatic heterocycles. The van der Waals surface area contributed by atoms with E-state index in [9.17, 15) is 4.79 Å². The summed E-state index contributed by atoms with van der Waals surface area (Å²) in [5, 5.41) is 7.42. The first-order chi connectivity index (χ1) is 13.7. The van der Waals surface area contributed by atoms with Crippen molar-refractivity contribution in [2.24, 2.45) is 5.92 Å². The fraction of sp³-hybridized carbons (Fsp3) is 0.550. The third-order valence-electron chi connectivity index (χ3n) is 5.31. The summed E-state index contributed by atoms with van der Waals surface area (Å²) in [5.74, 6) is 1.02. The quantitative estimate of drug-likeness (QED) is 0.721. The van der Waals surface area contributed by atoms with Crippen molar-refractivity contribution >= 4 is 28.2 Å². The summed E-state index contributed by atoms with van der Waals surface area (Å²) in [6.07, 6.45) is 4.36. The number of morpholine rings is 1. The lowest BCUT2D eigenvalue weighted by atomic mass is 9.90. The number of rotatable bonds is 6. The predicted octanol–water partition coefficient (Wildman–Crippen LogP) is 2.02. The lowest BCUT2D eigenvalue weighted by Gasteiger charge is -2.26. The molecule has 2 N–H and O–H groups in total. The van der Waals surface area contributed by atoms with Gasteiger partial charge in [-0.15, -0.1) is 11.3 Å². The van der Waals surface area contributed by atoms with Crippen molar-refractivity contribution in [2.75, 3.05) is 49.6 Å². The van der Waals surface area contributed by atoms with E-state index in [1.165, 1.54) is 4.88 Å². The number of amides is 1. The fourth-order valence-corrected chi connectivity index (χ4v) is 4.82. The second kappa shape index (κ2) is 8.87. The Labute approximate surface area is 169 Å². The smallest absolute Gasteiger partial charge is 0.223 e. The van der Waals surface area contributed by atoms with Crippen molar-refractivity contribution in [3.63, 3.8) is 0 Å². The minimum Gasteiger partial charge on any atom is -0.378 e. The van der Waals surface area contributed by atoms with E-state index in [1.807, 2.05) is 19.1 Å². The van der Waals surface area contributed by atoms with Crippen molar-refractivity contribution in [1.82, 2.24) is 15.3 Å². The number of ether oxygens (including phenoxy) is 1. The van der Waals surface area contributed by atoms with Crippen LogP contribution < -0.4 is 15.5 Å². The molecular formula is C20H27N5O2S. The average molecular weight is 402 g/mol. The summed E-state index contributed by atoms with van der Waals surface area (Å²) >= 11 is 1.79. The summed E-state index contributed by atoms with van der Waals surface area (Å²) in [6, 6.07) is 3.94. The average Bonchev–Trinajstić information content (AvgIpc) is 3.16. The van der Waals surface area contributed by atoms with E-state index in [2.05, 4.69) is 20.5 Å². The molecule has 2 aliphatic rings. The van der Waals surface area contributed by atoms with Crippen LogP contribution in [-0.2, 0) is 22.4 Å². The fourth-order valence-electron chi connectivity index (χ4n) is 3.66. The van der Waals surface area contributed by atoms with Gasteiger partial charge in [-0.25, -0.2) is 9.97 Å². The third kappa shape index (κ3) is 4.44. The zero-order valence-electron chi connectivity index (χ0n) is 16.2. The molecule has 1 unspecified atom stereocenters. The third-order valence-corrected chi connectivity index (χ3v) is 6.52. The Hall–Kier alpha value is -2.19. The van der Waals surface area contributed by atoms with Crippen LogP contribution in [0.3, 0.4) is 0 Å². The van der Waals surface area contributed by atoms with E-state index < -0.39 is 0 Å². The van der Waals surface area contributed by atoms with Gasteiger partial charge in [-0.05, 0) is 31.4 Å². The number of anilines is 2. The molecule has 0 saturated carbocycles. The summed E-state index contributed by atoms with van der Waals surface area (Å²) < 4.78 is 5.43. The van der Waals surface area contributed by atoms with Gasteiger partial charge in [-0.1, -0.05) is 6.07 Å². The number of carbonyl (C=O) groups excluding carboxylic acids is 1. The molecule has 2 aromatic rings. The zero-order chi connectivity index (χ0) is 19.3. The minimum atomic E-state index is 0.0173. The molecule has 150 valence electrons. The zero-order valence-corrected chi connectivity index (χ0v) is 17.1. The van der Waals surface area contributed by atoms with Crippen LogP contribution in [-0.4, -0.2) is 55.3 Å². The maximum atomic E-state index is 12.6. The lowest BCUT2D eigenvalue weighted by Crippen LogP contribution is -2.37. The van der Waals surface area contributed by atoms with Crippen LogP contribution in [0.25, 0.3) is 0 Å². The molecule has 1 saturated heterocycles. The highest BCUT2D eigenvalue weighted by Gasteiger charge is 2.28. The molecule has 0 bridgehead atoms. The molecule has 8 heteroatoms. The van der Waals surface area contributed by atoms with Crippen LogP contribution >= 0.6 is 11.3 Å². The Morgan fingerprint density at radius 2 is 2.21 bits per heavy atom. The largest absolute Gasteiger partial charge is 0.378 e. The lowest BCUT2D eigenvalue weighted by molar-refractivity contribution is -0.125. The molecule has 3 heterocycles. The Morgan fingerprint density at radius 1 is 1.36 bits per heavy atom. The van der Waals surface area contributed by atoms with Gasteiger partial charge < -0.3 is 20.3 Å². The maximum Gasteiger partial charge on any atom is 0.223 e. The van der Waals surface area contributed by atoms with E-state index >= 15 is 0 Å². The Morgan fingerprint density at radius 3 is 3.04 bits per heavy atom. The normalized spacial score (nSPS) is 19.2. The van der Waals surface area contributed by atoms with Crippen LogP contribution in [0.15, 0.2) is 18.3 Å². The first-order valence-electron chi connectivity index (χ1n) is 9.95. The molecule has 2 aromatic heterocycles. The van der Waals surface area contributed by atoms with Gasteiger partial charge in [0.15, 0.2) is 5.13 Å². The topological polar surface area (TPSA) is 79.4 Å². The number of carbonyl (C=O) groups is 1. The Balaban J connectivity index is 1.26. The van der Waals surface area contributed by atoms with Gasteiger partial charge in [0, 0.05) is 49.6 Å². The number of hydrogen-bond donors (Lipinski definition) is 2. The van der Waals surface area contributed by atoms with Crippen molar-refractivity contribution < 1.29 is 9.53 Å². The molecule has 28 heavy (non-hydrogen) atoms. The van der Waals surface area contributed by atoms with Crippen molar-refractivity contribution in [3.05, 3.63) is 34.5 Å². The SMILES string of the molecule is Cc1cccnc1NCCNC(=O)C1CCc2sc(N3CCOCC3)nc2C1. The highest BCUT2D eigenvalue weighted by molar-refractivity contribution is 7.15. The Bertz CT molecular complexity index is 819. The highest BCUT2D eigenvalue weighted by Crippen LogP contribution is 2.34. The first-order valence-corrected chi connectivity index (χ1v) is 10.8. The predicted molar refractivity (Wildman–Crippen MR) is 111 cm³/mol. The van der Waals surface area contributed by atoms with E-state index in [4.69, 9.17) is 9.72 Å². The monoisotopic (exact) mass is 401 g/mol. The van der Waals surface area contributed by atoms with Crippen molar-refractivity contribution in [1.29, 1.82) is 0 Å². The number of nitrogens with zero attached hydrogens (tertiary/aromatic N) is 3. The summed E-state index contributed by atoms with van der Waals surface area (Å²) in [5.41, 5.74) is 2.22. The van der Waals surface area contributed by atoms with E-state index in [0.717, 1.165) is 67.8 Å². The molecule has 1 amide bonds. The van der Waals surface area contributed by atoms with E-state index in [1.54, 1.807) is 17.5 Å². The van der Waals surface area contributed by atoms with Crippen LogP contribution in [0.1, 0.15) is 22.6 Å². The van der Waals surface area contributed by atoms with Gasteiger partial charge in [0.1, 0.15) is 5.82 Å². The number of aryl methyl sites for hydroxylation is 2. The number of fused-ring (bicyclic) bond motifs is 1. The molecular weight excluding hydrogens is 374 g/mol. The molecule has 1 atom stereocenters. The van der Waals surface area contributed by atoms with Crippen molar-refractivity contribution in [3.8, 4) is 0 Å². The Kier molecular flexibility index (Phi) is 6.07. The maximum absolute atomic E-state index is 12.6. The minimum absolute atomic E-state index is 0.0173.